The largest absolute Gasteiger partial charge is 0.494 e. The second-order valence-corrected chi connectivity index (χ2v) is 5.74. The first kappa shape index (κ1) is 20.8. The molecule has 0 saturated carbocycles. The van der Waals surface area contributed by atoms with E-state index >= 15 is 0 Å². The number of esters is 2. The van der Waals surface area contributed by atoms with Gasteiger partial charge in [-0.1, -0.05) is 12.1 Å². The number of nitriles is 1. The first-order valence-corrected chi connectivity index (χ1v) is 8.74. The standard InChI is InChI=1S/C20H22N2O6/c1-4-26-13-8-6-12(7-9-13)17-14(11-21)15(10-16(23)27-5-2)28-19(22)18(17)20(24)25-3/h6-9,17H,4-5,10,22H2,1-3H3. The van der Waals surface area contributed by atoms with Crippen LogP contribution in [0.4, 0.5) is 0 Å². The van der Waals surface area contributed by atoms with Gasteiger partial charge in [-0.3, -0.25) is 4.79 Å². The van der Waals surface area contributed by atoms with E-state index in [9.17, 15) is 14.9 Å². The van der Waals surface area contributed by atoms with Gasteiger partial charge in [0.25, 0.3) is 0 Å². The maximum Gasteiger partial charge on any atom is 0.340 e. The number of carbonyl (C=O) groups is 2. The fourth-order valence-electron chi connectivity index (χ4n) is 2.88. The number of rotatable bonds is 7. The van der Waals surface area contributed by atoms with Crippen LogP contribution in [0.25, 0.3) is 0 Å². The van der Waals surface area contributed by atoms with E-state index in [1.807, 2.05) is 13.0 Å². The Morgan fingerprint density at radius 1 is 1.21 bits per heavy atom. The zero-order valence-electron chi connectivity index (χ0n) is 16.0. The Kier molecular flexibility index (Phi) is 7.04. The molecule has 1 atom stereocenters. The van der Waals surface area contributed by atoms with Gasteiger partial charge in [0.1, 0.15) is 23.5 Å². The minimum absolute atomic E-state index is 0.00387. The highest BCUT2D eigenvalue weighted by Gasteiger charge is 2.38. The van der Waals surface area contributed by atoms with Crippen LogP contribution in [-0.2, 0) is 23.8 Å². The second kappa shape index (κ2) is 9.46. The van der Waals surface area contributed by atoms with Crippen LogP contribution in [0.5, 0.6) is 5.75 Å². The van der Waals surface area contributed by atoms with Crippen LogP contribution in [0.3, 0.4) is 0 Å². The molecule has 2 rings (SSSR count). The van der Waals surface area contributed by atoms with Gasteiger partial charge in [-0.2, -0.15) is 5.26 Å². The molecule has 0 amide bonds. The van der Waals surface area contributed by atoms with Gasteiger partial charge in [0.15, 0.2) is 0 Å². The number of nitrogens with two attached hydrogens (primary N) is 1. The van der Waals surface area contributed by atoms with E-state index in [4.69, 9.17) is 24.7 Å². The molecule has 1 aliphatic rings. The number of methoxy groups -OCH3 is 1. The van der Waals surface area contributed by atoms with Crippen LogP contribution in [-0.4, -0.2) is 32.3 Å². The van der Waals surface area contributed by atoms with E-state index < -0.39 is 17.9 Å². The molecule has 1 aromatic rings. The van der Waals surface area contributed by atoms with E-state index in [0.29, 0.717) is 17.9 Å². The maximum absolute atomic E-state index is 12.3. The van der Waals surface area contributed by atoms with Gasteiger partial charge < -0.3 is 24.7 Å². The van der Waals surface area contributed by atoms with Crippen LogP contribution in [0, 0.1) is 11.3 Å². The Morgan fingerprint density at radius 3 is 2.43 bits per heavy atom. The molecule has 8 heteroatoms. The van der Waals surface area contributed by atoms with E-state index in [1.165, 1.54) is 7.11 Å². The Morgan fingerprint density at radius 2 is 1.89 bits per heavy atom. The Hall–Kier alpha value is -3.47. The Bertz CT molecular complexity index is 848. The van der Waals surface area contributed by atoms with Gasteiger partial charge in [0.2, 0.25) is 5.88 Å². The molecule has 148 valence electrons. The summed E-state index contributed by atoms with van der Waals surface area (Å²) in [7, 11) is 1.21. The molecule has 0 radical (unpaired) electrons. The lowest BCUT2D eigenvalue weighted by Crippen LogP contribution is -2.27. The van der Waals surface area contributed by atoms with Crippen molar-refractivity contribution in [3.05, 3.63) is 52.6 Å². The summed E-state index contributed by atoms with van der Waals surface area (Å²) < 4.78 is 20.6. The Balaban J connectivity index is 2.55. The minimum Gasteiger partial charge on any atom is -0.494 e. The lowest BCUT2D eigenvalue weighted by molar-refractivity contribution is -0.142. The zero-order valence-corrected chi connectivity index (χ0v) is 16.0. The second-order valence-electron chi connectivity index (χ2n) is 5.74. The molecule has 1 unspecified atom stereocenters. The fraction of sp³-hybridized carbons (Fsp3) is 0.350. The van der Waals surface area contributed by atoms with Crippen molar-refractivity contribution in [3.8, 4) is 11.8 Å². The number of nitrogens with zero attached hydrogens (tertiary/aromatic N) is 1. The minimum atomic E-state index is -0.841. The van der Waals surface area contributed by atoms with Crippen LogP contribution in [0.15, 0.2) is 47.1 Å². The molecular weight excluding hydrogens is 364 g/mol. The van der Waals surface area contributed by atoms with E-state index in [1.54, 1.807) is 31.2 Å². The van der Waals surface area contributed by atoms with Crippen molar-refractivity contribution in [1.29, 1.82) is 5.26 Å². The highest BCUT2D eigenvalue weighted by molar-refractivity contribution is 5.92. The molecule has 1 aromatic carbocycles. The molecule has 0 aliphatic carbocycles. The van der Waals surface area contributed by atoms with Crippen molar-refractivity contribution < 1.29 is 28.5 Å². The number of allylic oxidation sites excluding steroid dienone is 1. The van der Waals surface area contributed by atoms with Crippen molar-refractivity contribution in [2.24, 2.45) is 5.73 Å². The number of hydrogen-bond donors (Lipinski definition) is 1. The third-order valence-electron chi connectivity index (χ3n) is 4.04. The number of hydrogen-bond acceptors (Lipinski definition) is 8. The van der Waals surface area contributed by atoms with Crippen molar-refractivity contribution in [1.82, 2.24) is 0 Å². The maximum atomic E-state index is 12.3. The van der Waals surface area contributed by atoms with Crippen molar-refractivity contribution in [3.63, 3.8) is 0 Å². The van der Waals surface area contributed by atoms with Gasteiger partial charge >= 0.3 is 11.9 Å². The van der Waals surface area contributed by atoms with Gasteiger partial charge in [-0.15, -0.1) is 0 Å². The summed E-state index contributed by atoms with van der Waals surface area (Å²) in [6, 6.07) is 8.92. The molecule has 0 bridgehead atoms. The highest BCUT2D eigenvalue weighted by atomic mass is 16.5. The molecule has 0 spiro atoms. The van der Waals surface area contributed by atoms with Gasteiger partial charge in [0, 0.05) is 0 Å². The molecule has 0 saturated heterocycles. The molecule has 28 heavy (non-hydrogen) atoms. The molecule has 1 aliphatic heterocycles. The summed E-state index contributed by atoms with van der Waals surface area (Å²) in [6.45, 7) is 4.23. The van der Waals surface area contributed by atoms with Crippen LogP contribution >= 0.6 is 0 Å². The first-order valence-electron chi connectivity index (χ1n) is 8.74. The van der Waals surface area contributed by atoms with E-state index in [2.05, 4.69) is 0 Å². The normalized spacial score (nSPS) is 16.1. The average Bonchev–Trinajstić information content (AvgIpc) is 2.68. The SMILES string of the molecule is CCOC(=O)CC1=C(C#N)C(c2ccc(OCC)cc2)C(C(=O)OC)=C(N)O1. The predicted molar refractivity (Wildman–Crippen MR) is 98.6 cm³/mol. The van der Waals surface area contributed by atoms with Crippen molar-refractivity contribution in [2.45, 2.75) is 26.2 Å². The molecular formula is C20H22N2O6. The van der Waals surface area contributed by atoms with E-state index in [0.717, 1.165) is 0 Å². The summed E-state index contributed by atoms with van der Waals surface area (Å²) in [4.78, 5) is 24.2. The quantitative estimate of drug-likeness (QED) is 0.709. The summed E-state index contributed by atoms with van der Waals surface area (Å²) in [5.41, 5.74) is 6.64. The topological polar surface area (TPSA) is 121 Å². The van der Waals surface area contributed by atoms with Crippen LogP contribution < -0.4 is 10.5 Å². The average molecular weight is 386 g/mol. The van der Waals surface area contributed by atoms with Gasteiger partial charge in [-0.25, -0.2) is 4.79 Å². The number of benzene rings is 1. The monoisotopic (exact) mass is 386 g/mol. The van der Waals surface area contributed by atoms with Crippen molar-refractivity contribution >= 4 is 11.9 Å². The molecule has 0 aromatic heterocycles. The Labute approximate surface area is 163 Å². The highest BCUT2D eigenvalue weighted by Crippen LogP contribution is 2.40. The van der Waals surface area contributed by atoms with Crippen LogP contribution in [0.2, 0.25) is 0 Å². The fourth-order valence-corrected chi connectivity index (χ4v) is 2.88. The van der Waals surface area contributed by atoms with E-state index in [-0.39, 0.29) is 35.8 Å². The first-order chi connectivity index (χ1) is 13.5. The molecule has 8 nitrogen and oxygen atoms in total. The lowest BCUT2D eigenvalue weighted by atomic mass is 9.82. The molecule has 1 heterocycles. The summed E-state index contributed by atoms with van der Waals surface area (Å²) in [5.74, 6) is -1.66. The summed E-state index contributed by atoms with van der Waals surface area (Å²) in [6.07, 6.45) is -0.278. The summed E-state index contributed by atoms with van der Waals surface area (Å²) >= 11 is 0. The third kappa shape index (κ3) is 4.43. The zero-order chi connectivity index (χ0) is 20.7. The van der Waals surface area contributed by atoms with Gasteiger partial charge in [-0.05, 0) is 31.5 Å². The smallest absolute Gasteiger partial charge is 0.340 e. The molecule has 2 N–H and O–H groups in total. The van der Waals surface area contributed by atoms with Crippen LogP contribution in [0.1, 0.15) is 31.7 Å². The molecule has 0 fully saturated rings. The van der Waals surface area contributed by atoms with Gasteiger partial charge in [0.05, 0.1) is 37.9 Å². The number of carbonyl (C=O) groups excluding carboxylic acids is 2. The summed E-state index contributed by atoms with van der Waals surface area (Å²) in [5, 5.41) is 9.75. The number of ether oxygens (including phenoxy) is 4. The third-order valence-corrected chi connectivity index (χ3v) is 4.04. The van der Waals surface area contributed by atoms with Crippen molar-refractivity contribution in [2.75, 3.05) is 20.3 Å². The lowest BCUT2D eigenvalue weighted by Gasteiger charge is -2.27. The predicted octanol–water partition coefficient (Wildman–Crippen LogP) is 2.27.